The summed E-state index contributed by atoms with van der Waals surface area (Å²) in [5.41, 5.74) is 0.928. The minimum Gasteiger partial charge on any atom is -0.744 e. The van der Waals surface area contributed by atoms with Crippen molar-refractivity contribution in [3.05, 3.63) is 29.8 Å². The molecular weight excluding hydrogens is 238 g/mol. The van der Waals surface area contributed by atoms with E-state index < -0.39 is 10.1 Å². The van der Waals surface area contributed by atoms with Crippen LogP contribution in [0, 0.1) is 6.92 Å². The van der Waals surface area contributed by atoms with Crippen LogP contribution in [0.2, 0.25) is 0 Å². The third-order valence-electron chi connectivity index (χ3n) is 2.26. The summed E-state index contributed by atoms with van der Waals surface area (Å²) in [6.07, 6.45) is 0. The first-order valence-electron chi connectivity index (χ1n) is 5.39. The van der Waals surface area contributed by atoms with Crippen molar-refractivity contribution in [1.82, 2.24) is 0 Å². The van der Waals surface area contributed by atoms with Crippen molar-refractivity contribution < 1.29 is 17.5 Å². The lowest BCUT2D eigenvalue weighted by molar-refractivity contribution is -0.868. The van der Waals surface area contributed by atoms with Crippen LogP contribution < -0.4 is 0 Å². The summed E-state index contributed by atoms with van der Waals surface area (Å²) in [6, 6.07) is 5.78. The van der Waals surface area contributed by atoms with E-state index in [1.54, 1.807) is 12.1 Å². The first kappa shape index (κ1) is 16.1. The molecule has 17 heavy (non-hydrogen) atoms. The summed E-state index contributed by atoms with van der Waals surface area (Å²) in [5, 5.41) is 0. The summed E-state index contributed by atoms with van der Waals surface area (Å²) < 4.78 is 32.2. The summed E-state index contributed by atoms with van der Waals surface area (Å²) in [4.78, 5) is -0.178. The van der Waals surface area contributed by atoms with Gasteiger partial charge in [0.1, 0.15) is 10.1 Å². The van der Waals surface area contributed by atoms with Crippen molar-refractivity contribution in [2.75, 3.05) is 27.7 Å². The van der Waals surface area contributed by atoms with Crippen LogP contribution in [0.15, 0.2) is 29.2 Å². The highest BCUT2D eigenvalue weighted by Crippen LogP contribution is 2.08. The maximum atomic E-state index is 10.4. The lowest BCUT2D eigenvalue weighted by atomic mass is 10.2. The molecule has 0 aliphatic heterocycles. The monoisotopic (exact) mass is 259 g/mol. The molecule has 98 valence electrons. The molecule has 0 fully saturated rings. The first-order chi connectivity index (χ1) is 7.56. The number of benzene rings is 1. The zero-order chi connectivity index (χ0) is 13.7. The topological polar surface area (TPSA) is 57.2 Å². The summed E-state index contributed by atoms with van der Waals surface area (Å²) in [6.45, 7) is 5.21. The molecule has 4 nitrogen and oxygen atoms in total. The second kappa shape index (κ2) is 6.14. The van der Waals surface area contributed by atoms with Crippen LogP contribution in [0.1, 0.15) is 12.5 Å². The second-order valence-corrected chi connectivity index (χ2v) is 6.25. The quantitative estimate of drug-likeness (QED) is 0.599. The van der Waals surface area contributed by atoms with Crippen molar-refractivity contribution in [2.45, 2.75) is 18.7 Å². The normalized spacial score (nSPS) is 11.6. The maximum Gasteiger partial charge on any atom is 0.124 e. The third kappa shape index (κ3) is 7.90. The molecule has 0 radical (unpaired) electrons. The number of nitrogens with zero attached hydrogens (tertiary/aromatic N) is 1. The molecular formula is C12H21NO3S. The third-order valence-corrected chi connectivity index (χ3v) is 3.11. The molecule has 0 aromatic heterocycles. The maximum absolute atomic E-state index is 10.4. The zero-order valence-corrected chi connectivity index (χ0v) is 11.9. The molecule has 1 aromatic rings. The zero-order valence-electron chi connectivity index (χ0n) is 11.1. The van der Waals surface area contributed by atoms with Gasteiger partial charge in [-0.3, -0.25) is 0 Å². The predicted octanol–water partition coefficient (Wildman–Crippen LogP) is 1.61. The van der Waals surface area contributed by atoms with Crippen molar-refractivity contribution in [2.24, 2.45) is 0 Å². The fourth-order valence-corrected chi connectivity index (χ4v) is 1.17. The van der Waals surface area contributed by atoms with Crippen LogP contribution in [0.3, 0.4) is 0 Å². The van der Waals surface area contributed by atoms with E-state index in [9.17, 15) is 13.0 Å². The van der Waals surface area contributed by atoms with Crippen LogP contribution in [-0.2, 0) is 10.1 Å². The van der Waals surface area contributed by atoms with E-state index in [1.165, 1.54) is 18.7 Å². The molecule has 0 spiro atoms. The molecule has 0 heterocycles. The Labute approximate surface area is 104 Å². The fraction of sp³-hybridized carbons (Fsp3) is 0.500. The number of quaternary nitrogens is 1. The van der Waals surface area contributed by atoms with Gasteiger partial charge in [0.25, 0.3) is 0 Å². The van der Waals surface area contributed by atoms with E-state index >= 15 is 0 Å². The summed E-state index contributed by atoms with van der Waals surface area (Å²) in [5.74, 6) is 0. The minimum absolute atomic E-state index is 0.178. The molecule has 0 saturated heterocycles. The molecule has 0 aliphatic carbocycles. The highest BCUT2D eigenvalue weighted by atomic mass is 32.2. The van der Waals surface area contributed by atoms with Gasteiger partial charge in [-0.25, -0.2) is 8.42 Å². The van der Waals surface area contributed by atoms with Gasteiger partial charge in [0.15, 0.2) is 0 Å². The minimum atomic E-state index is -4.27. The Balaban J connectivity index is 0.000000366. The van der Waals surface area contributed by atoms with Gasteiger partial charge in [-0.1, -0.05) is 17.7 Å². The van der Waals surface area contributed by atoms with E-state index in [4.69, 9.17) is 0 Å². The van der Waals surface area contributed by atoms with E-state index in [2.05, 4.69) is 28.1 Å². The van der Waals surface area contributed by atoms with Crippen LogP contribution in [0.25, 0.3) is 0 Å². The van der Waals surface area contributed by atoms with Gasteiger partial charge in [-0.15, -0.1) is 0 Å². The second-order valence-electron chi connectivity index (χ2n) is 4.87. The van der Waals surface area contributed by atoms with Crippen molar-refractivity contribution in [3.8, 4) is 0 Å². The van der Waals surface area contributed by atoms with E-state index in [0.29, 0.717) is 0 Å². The lowest BCUT2D eigenvalue weighted by Crippen LogP contribution is -2.33. The number of hydrogen-bond donors (Lipinski definition) is 0. The lowest BCUT2D eigenvalue weighted by Gasteiger charge is -2.20. The smallest absolute Gasteiger partial charge is 0.124 e. The Hall–Kier alpha value is -0.910. The van der Waals surface area contributed by atoms with Gasteiger partial charge in [0, 0.05) is 0 Å². The highest BCUT2D eigenvalue weighted by molar-refractivity contribution is 7.85. The van der Waals surface area contributed by atoms with E-state index in [1.807, 2.05) is 6.92 Å². The van der Waals surface area contributed by atoms with Gasteiger partial charge in [0.2, 0.25) is 0 Å². The Morgan fingerprint density at radius 3 is 1.71 bits per heavy atom. The first-order valence-corrected chi connectivity index (χ1v) is 6.80. The van der Waals surface area contributed by atoms with Crippen LogP contribution in [-0.4, -0.2) is 45.1 Å². The van der Waals surface area contributed by atoms with Crippen LogP contribution >= 0.6 is 0 Å². The van der Waals surface area contributed by atoms with E-state index in [0.717, 1.165) is 10.0 Å². The average molecular weight is 259 g/mol. The average Bonchev–Trinajstić information content (AvgIpc) is 2.17. The van der Waals surface area contributed by atoms with Gasteiger partial charge in [0.05, 0.1) is 32.6 Å². The largest absolute Gasteiger partial charge is 0.744 e. The molecule has 0 saturated carbocycles. The number of rotatable bonds is 2. The van der Waals surface area contributed by atoms with Gasteiger partial charge < -0.3 is 9.04 Å². The predicted molar refractivity (Wildman–Crippen MR) is 67.7 cm³/mol. The molecule has 0 aliphatic rings. The summed E-state index contributed by atoms with van der Waals surface area (Å²) >= 11 is 0. The molecule has 0 amide bonds. The Kier molecular flexibility index (Phi) is 5.81. The van der Waals surface area contributed by atoms with Gasteiger partial charge in [-0.2, -0.15) is 0 Å². The standard InChI is InChI=1S/C7H8O3S.C5H14N/c1-6-2-4-7(5-3-6)11(8,9)10;1-5-6(2,3)4/h2-5H,1H3,(H,8,9,10);5H2,1-4H3/q;+1/p-1. The van der Waals surface area contributed by atoms with Crippen LogP contribution in [0.4, 0.5) is 0 Å². The molecule has 0 atom stereocenters. The van der Waals surface area contributed by atoms with Gasteiger partial charge in [-0.05, 0) is 26.0 Å². The van der Waals surface area contributed by atoms with Crippen molar-refractivity contribution >= 4 is 10.1 Å². The fourth-order valence-electron chi connectivity index (χ4n) is 0.705. The molecule has 0 N–H and O–H groups in total. The molecule has 5 heteroatoms. The Morgan fingerprint density at radius 2 is 1.47 bits per heavy atom. The Bertz CT molecular complexity index is 430. The van der Waals surface area contributed by atoms with Crippen molar-refractivity contribution in [1.29, 1.82) is 0 Å². The molecule has 0 bridgehead atoms. The molecule has 1 aromatic carbocycles. The van der Waals surface area contributed by atoms with Crippen molar-refractivity contribution in [3.63, 3.8) is 0 Å². The Morgan fingerprint density at radius 1 is 1.12 bits per heavy atom. The number of hydrogen-bond acceptors (Lipinski definition) is 3. The van der Waals surface area contributed by atoms with Gasteiger partial charge >= 0.3 is 0 Å². The summed E-state index contributed by atoms with van der Waals surface area (Å²) in [7, 11) is 2.27. The van der Waals surface area contributed by atoms with Crippen LogP contribution in [0.5, 0.6) is 0 Å². The highest BCUT2D eigenvalue weighted by Gasteiger charge is 1.98. The van der Waals surface area contributed by atoms with E-state index in [-0.39, 0.29) is 4.90 Å². The molecule has 1 rings (SSSR count). The molecule has 0 unspecified atom stereocenters. The SMILES string of the molecule is CC[N+](C)(C)C.Cc1ccc(S(=O)(=O)[O-])cc1. The number of aryl methyl sites for hydroxylation is 1.